The molecule has 1 unspecified atom stereocenters. The van der Waals surface area contributed by atoms with Crippen LogP contribution in [0.1, 0.15) is 25.0 Å². The second-order valence-corrected chi connectivity index (χ2v) is 6.49. The molecular formula is C19H20F3N3. The number of anilines is 1. The summed E-state index contributed by atoms with van der Waals surface area (Å²) in [7, 11) is 0. The van der Waals surface area contributed by atoms with E-state index in [4.69, 9.17) is 0 Å². The van der Waals surface area contributed by atoms with Crippen LogP contribution in [0.4, 0.5) is 19.0 Å². The minimum absolute atomic E-state index is 0.0644. The average Bonchev–Trinajstić information content (AvgIpc) is 2.84. The van der Waals surface area contributed by atoms with Crippen molar-refractivity contribution < 1.29 is 13.2 Å². The van der Waals surface area contributed by atoms with Crippen LogP contribution in [0.2, 0.25) is 0 Å². The molecule has 1 aliphatic rings. The van der Waals surface area contributed by atoms with Crippen LogP contribution in [0.15, 0.2) is 48.2 Å². The largest absolute Gasteiger partial charge is 0.418 e. The highest BCUT2D eigenvalue weighted by molar-refractivity contribution is 5.66. The Hall–Kier alpha value is -2.50. The van der Waals surface area contributed by atoms with Gasteiger partial charge in [0.2, 0.25) is 0 Å². The number of pyridine rings is 1. The number of hydrogen-bond acceptors (Lipinski definition) is 3. The molecule has 6 heteroatoms. The predicted molar refractivity (Wildman–Crippen MR) is 92.7 cm³/mol. The molecule has 1 aliphatic heterocycles. The van der Waals surface area contributed by atoms with Gasteiger partial charge >= 0.3 is 6.18 Å². The zero-order valence-corrected chi connectivity index (χ0v) is 14.4. The Bertz CT molecular complexity index is 795. The normalized spacial score (nSPS) is 17.6. The number of nitrogens with zero attached hydrogens (tertiary/aromatic N) is 2. The van der Waals surface area contributed by atoms with Crippen LogP contribution in [0.3, 0.4) is 0 Å². The van der Waals surface area contributed by atoms with Crippen molar-refractivity contribution in [1.82, 2.24) is 9.99 Å². The Morgan fingerprint density at radius 1 is 1.08 bits per heavy atom. The van der Waals surface area contributed by atoms with Gasteiger partial charge in [-0.1, -0.05) is 42.3 Å². The summed E-state index contributed by atoms with van der Waals surface area (Å²) >= 11 is 0. The van der Waals surface area contributed by atoms with Crippen molar-refractivity contribution in [3.63, 3.8) is 0 Å². The van der Waals surface area contributed by atoms with Gasteiger partial charge in [-0.05, 0) is 31.9 Å². The van der Waals surface area contributed by atoms with Gasteiger partial charge in [0.1, 0.15) is 5.82 Å². The standard InChI is InChI=1S/C19H20F3N3/c1-12-4-6-15(7-5-12)18-16(19(20,21)22)8-9-17(23-18)24-25-10-13(2)14(3)11-25/h4-10,14H,11H2,1-3H3,(H,23,24). The molecule has 0 fully saturated rings. The Labute approximate surface area is 145 Å². The van der Waals surface area contributed by atoms with E-state index in [-0.39, 0.29) is 5.69 Å². The van der Waals surface area contributed by atoms with Gasteiger partial charge in [0.05, 0.1) is 11.3 Å². The number of hydrazine groups is 1. The van der Waals surface area contributed by atoms with Crippen molar-refractivity contribution in [2.45, 2.75) is 26.9 Å². The van der Waals surface area contributed by atoms with Gasteiger partial charge in [-0.2, -0.15) is 13.2 Å². The minimum atomic E-state index is -4.45. The molecule has 3 rings (SSSR count). The van der Waals surface area contributed by atoms with Crippen LogP contribution in [0.25, 0.3) is 11.3 Å². The van der Waals surface area contributed by atoms with Gasteiger partial charge in [0.15, 0.2) is 0 Å². The van der Waals surface area contributed by atoms with E-state index in [1.54, 1.807) is 24.3 Å². The predicted octanol–water partition coefficient (Wildman–Crippen LogP) is 5.26. The highest BCUT2D eigenvalue weighted by Gasteiger charge is 2.34. The second kappa shape index (κ2) is 6.43. The fourth-order valence-electron chi connectivity index (χ4n) is 2.77. The Morgan fingerprint density at radius 2 is 1.76 bits per heavy atom. The molecule has 0 bridgehead atoms. The topological polar surface area (TPSA) is 28.2 Å². The van der Waals surface area contributed by atoms with Crippen molar-refractivity contribution >= 4 is 5.82 Å². The van der Waals surface area contributed by atoms with Crippen LogP contribution in [0, 0.1) is 12.8 Å². The molecule has 0 saturated carbocycles. The van der Waals surface area contributed by atoms with E-state index in [1.165, 1.54) is 11.6 Å². The van der Waals surface area contributed by atoms with E-state index < -0.39 is 11.7 Å². The lowest BCUT2D eigenvalue weighted by atomic mass is 10.0. The maximum atomic E-state index is 13.4. The third-order valence-electron chi connectivity index (χ3n) is 4.39. The van der Waals surface area contributed by atoms with E-state index in [9.17, 15) is 13.2 Å². The highest BCUT2D eigenvalue weighted by Crippen LogP contribution is 2.37. The molecule has 0 aliphatic carbocycles. The van der Waals surface area contributed by atoms with Gasteiger partial charge in [0.25, 0.3) is 0 Å². The molecule has 1 aromatic carbocycles. The number of benzene rings is 1. The number of rotatable bonds is 3. The van der Waals surface area contributed by atoms with Crippen molar-refractivity contribution in [2.75, 3.05) is 12.0 Å². The summed E-state index contributed by atoms with van der Waals surface area (Å²) in [4.78, 5) is 4.25. The molecule has 2 aromatic rings. The van der Waals surface area contributed by atoms with Gasteiger partial charge < -0.3 is 0 Å². The number of halogens is 3. The van der Waals surface area contributed by atoms with Gasteiger partial charge in [-0.15, -0.1) is 0 Å². The summed E-state index contributed by atoms with van der Waals surface area (Å²) in [5.41, 5.74) is 4.94. The number of hydrogen-bond donors (Lipinski definition) is 1. The van der Waals surface area contributed by atoms with Crippen molar-refractivity contribution in [3.05, 3.63) is 59.3 Å². The fourth-order valence-corrected chi connectivity index (χ4v) is 2.77. The molecule has 1 aromatic heterocycles. The molecular weight excluding hydrogens is 327 g/mol. The first-order valence-corrected chi connectivity index (χ1v) is 8.11. The molecule has 0 spiro atoms. The molecule has 0 amide bonds. The molecule has 0 saturated heterocycles. The van der Waals surface area contributed by atoms with E-state index >= 15 is 0 Å². The smallest absolute Gasteiger partial charge is 0.293 e. The lowest BCUT2D eigenvalue weighted by Gasteiger charge is -2.20. The van der Waals surface area contributed by atoms with Crippen LogP contribution >= 0.6 is 0 Å². The van der Waals surface area contributed by atoms with Gasteiger partial charge in [-0.3, -0.25) is 10.4 Å². The van der Waals surface area contributed by atoms with E-state index in [1.807, 2.05) is 25.1 Å². The lowest BCUT2D eigenvalue weighted by molar-refractivity contribution is -0.137. The van der Waals surface area contributed by atoms with Crippen LogP contribution in [-0.2, 0) is 6.18 Å². The number of nitrogens with one attached hydrogen (secondary N) is 1. The number of aromatic nitrogens is 1. The summed E-state index contributed by atoms with van der Waals surface area (Å²) in [5, 5.41) is 1.86. The van der Waals surface area contributed by atoms with Gasteiger partial charge in [0, 0.05) is 18.3 Å². The minimum Gasteiger partial charge on any atom is -0.293 e. The fraction of sp³-hybridized carbons (Fsp3) is 0.316. The quantitative estimate of drug-likeness (QED) is 0.821. The monoisotopic (exact) mass is 347 g/mol. The Balaban J connectivity index is 1.97. The highest BCUT2D eigenvalue weighted by atomic mass is 19.4. The first-order chi connectivity index (χ1) is 11.7. The SMILES string of the molecule is CC1=CN(Nc2ccc(C(F)(F)F)c(-c3ccc(C)cc3)n2)CC1C. The molecule has 1 atom stereocenters. The maximum Gasteiger partial charge on any atom is 0.418 e. The second-order valence-electron chi connectivity index (χ2n) is 6.49. The summed E-state index contributed by atoms with van der Waals surface area (Å²) in [5.74, 6) is 0.792. The Morgan fingerprint density at radius 3 is 2.32 bits per heavy atom. The van der Waals surface area contributed by atoms with Gasteiger partial charge in [-0.25, -0.2) is 4.98 Å². The summed E-state index contributed by atoms with van der Waals surface area (Å²) in [6.45, 7) is 6.78. The van der Waals surface area contributed by atoms with Crippen LogP contribution < -0.4 is 5.43 Å². The molecule has 2 heterocycles. The maximum absolute atomic E-state index is 13.4. The van der Waals surface area contributed by atoms with Crippen molar-refractivity contribution in [3.8, 4) is 11.3 Å². The van der Waals surface area contributed by atoms with Crippen LogP contribution in [-0.4, -0.2) is 16.5 Å². The van der Waals surface area contributed by atoms with E-state index in [0.29, 0.717) is 17.3 Å². The molecule has 25 heavy (non-hydrogen) atoms. The zero-order valence-electron chi connectivity index (χ0n) is 14.4. The van der Waals surface area contributed by atoms with E-state index in [0.717, 1.165) is 18.2 Å². The third kappa shape index (κ3) is 3.78. The molecule has 1 N–H and O–H groups in total. The number of aryl methyl sites for hydroxylation is 1. The summed E-state index contributed by atoms with van der Waals surface area (Å²) in [6.07, 6.45) is -2.50. The van der Waals surface area contributed by atoms with Crippen molar-refractivity contribution in [2.24, 2.45) is 5.92 Å². The van der Waals surface area contributed by atoms with E-state index in [2.05, 4.69) is 17.3 Å². The summed E-state index contributed by atoms with van der Waals surface area (Å²) < 4.78 is 40.1. The lowest BCUT2D eigenvalue weighted by Crippen LogP contribution is -2.25. The first-order valence-electron chi connectivity index (χ1n) is 8.11. The molecule has 3 nitrogen and oxygen atoms in total. The Kier molecular flexibility index (Phi) is 4.45. The zero-order chi connectivity index (χ0) is 18.2. The van der Waals surface area contributed by atoms with Crippen LogP contribution in [0.5, 0.6) is 0 Å². The molecule has 132 valence electrons. The first kappa shape index (κ1) is 17.3. The number of alkyl halides is 3. The third-order valence-corrected chi connectivity index (χ3v) is 4.39. The average molecular weight is 347 g/mol. The molecule has 0 radical (unpaired) electrons. The van der Waals surface area contributed by atoms with Crippen molar-refractivity contribution in [1.29, 1.82) is 0 Å². The summed E-state index contributed by atoms with van der Waals surface area (Å²) in [6, 6.07) is 9.35.